The summed E-state index contributed by atoms with van der Waals surface area (Å²) < 4.78 is 80.7. The highest BCUT2D eigenvalue weighted by molar-refractivity contribution is 7.10. The number of benzene rings is 1. The number of halogens is 5. The van der Waals surface area contributed by atoms with E-state index in [4.69, 9.17) is 11.3 Å². The van der Waals surface area contributed by atoms with Crippen LogP contribution in [0.3, 0.4) is 0 Å². The van der Waals surface area contributed by atoms with Crippen molar-refractivity contribution in [3.63, 3.8) is 0 Å². The number of ether oxygens (including phenoxy) is 1. The standard InChI is InChI=1S/C33H29F5N8O2S/c1-39-14-21-17-44(8-9-46(21)31(47)25(37)12-26-40-6-10-49-26)30-23-15-41-28(22-11-19(34)3-4-24(22)36)27(38)29(23)42-32(43-30)48-18-33-5-2-7-45(33)16-20(35)13-33/h3-4,6,10-12,15,20-21H,2,5,7-9,13-14,16-18H2/b25-12-/t20-,21+,33+/m1/s1. The van der Waals surface area contributed by atoms with Gasteiger partial charge in [0.05, 0.1) is 10.9 Å². The van der Waals surface area contributed by atoms with E-state index < -0.39 is 58.2 Å². The Morgan fingerprint density at radius 2 is 2.02 bits per heavy atom. The Kier molecular flexibility index (Phi) is 8.88. The summed E-state index contributed by atoms with van der Waals surface area (Å²) in [6, 6.07) is 1.62. The van der Waals surface area contributed by atoms with E-state index in [0.717, 1.165) is 37.2 Å². The highest BCUT2D eigenvalue weighted by Gasteiger charge is 2.49. The average Bonchev–Trinajstić information content (AvgIpc) is 3.81. The number of fused-ring (bicyclic) bond motifs is 2. The number of alkyl halides is 1. The lowest BCUT2D eigenvalue weighted by Gasteiger charge is -2.39. The van der Waals surface area contributed by atoms with Crippen LogP contribution < -0.4 is 9.64 Å². The van der Waals surface area contributed by atoms with E-state index in [0.29, 0.717) is 18.0 Å². The third kappa shape index (κ3) is 6.28. The first-order valence-electron chi connectivity index (χ1n) is 15.6. The molecule has 254 valence electrons. The second-order valence-electron chi connectivity index (χ2n) is 12.3. The normalized spacial score (nSPS) is 22.8. The van der Waals surface area contributed by atoms with Crippen LogP contribution in [0.1, 0.15) is 24.3 Å². The van der Waals surface area contributed by atoms with Gasteiger partial charge in [0.25, 0.3) is 5.91 Å². The van der Waals surface area contributed by atoms with Crippen LogP contribution in [0.15, 0.2) is 41.8 Å². The Labute approximate surface area is 281 Å². The molecule has 0 aliphatic carbocycles. The van der Waals surface area contributed by atoms with Crippen molar-refractivity contribution in [1.82, 2.24) is 29.7 Å². The minimum atomic E-state index is -1.04. The first kappa shape index (κ1) is 32.8. The number of aromatic nitrogens is 4. The Hall–Kier alpha value is -4.75. The van der Waals surface area contributed by atoms with Gasteiger partial charge < -0.3 is 19.4 Å². The lowest BCUT2D eigenvalue weighted by molar-refractivity contribution is -0.130. The second-order valence-corrected chi connectivity index (χ2v) is 13.2. The molecule has 0 N–H and O–H groups in total. The Balaban J connectivity index is 1.25. The van der Waals surface area contributed by atoms with Gasteiger partial charge in [-0.05, 0) is 37.6 Å². The number of anilines is 1. The van der Waals surface area contributed by atoms with Crippen LogP contribution in [0.5, 0.6) is 6.01 Å². The molecule has 4 aromatic rings. The number of hydrogen-bond donors (Lipinski definition) is 0. The monoisotopic (exact) mass is 696 g/mol. The van der Waals surface area contributed by atoms with Crippen molar-refractivity contribution in [3.05, 3.63) is 75.7 Å². The molecule has 3 atom stereocenters. The molecular formula is C33H29F5N8O2S. The Morgan fingerprint density at radius 3 is 2.82 bits per heavy atom. The number of thiazole rings is 1. The third-order valence-electron chi connectivity index (χ3n) is 9.31. The molecule has 3 fully saturated rings. The summed E-state index contributed by atoms with van der Waals surface area (Å²) in [4.78, 5) is 38.7. The average molecular weight is 697 g/mol. The first-order chi connectivity index (χ1) is 23.7. The molecule has 3 saturated heterocycles. The summed E-state index contributed by atoms with van der Waals surface area (Å²) in [5, 5.41) is 2.09. The van der Waals surface area contributed by atoms with Crippen LogP contribution in [-0.2, 0) is 4.79 Å². The summed E-state index contributed by atoms with van der Waals surface area (Å²) >= 11 is 1.17. The maximum atomic E-state index is 16.3. The molecule has 6 heterocycles. The van der Waals surface area contributed by atoms with Crippen molar-refractivity contribution in [2.75, 3.05) is 50.8 Å². The second kappa shape index (κ2) is 13.3. The molecule has 49 heavy (non-hydrogen) atoms. The molecule has 0 unspecified atom stereocenters. The summed E-state index contributed by atoms with van der Waals surface area (Å²) in [6.07, 6.45) is 4.62. The van der Waals surface area contributed by atoms with Crippen molar-refractivity contribution < 1.29 is 31.5 Å². The highest BCUT2D eigenvalue weighted by Crippen LogP contribution is 2.41. The van der Waals surface area contributed by atoms with E-state index in [1.54, 1.807) is 10.3 Å². The van der Waals surface area contributed by atoms with Crippen molar-refractivity contribution >= 4 is 40.0 Å². The van der Waals surface area contributed by atoms with Crippen LogP contribution in [0.2, 0.25) is 0 Å². The summed E-state index contributed by atoms with van der Waals surface area (Å²) in [7, 11) is 0. The fourth-order valence-electron chi connectivity index (χ4n) is 7.03. The molecule has 0 bridgehead atoms. The van der Waals surface area contributed by atoms with Gasteiger partial charge in [-0.1, -0.05) is 0 Å². The third-order valence-corrected chi connectivity index (χ3v) is 10.0. The Bertz CT molecular complexity index is 1970. The number of amides is 1. The first-order valence-corrected chi connectivity index (χ1v) is 16.5. The lowest BCUT2D eigenvalue weighted by atomic mass is 9.95. The summed E-state index contributed by atoms with van der Waals surface area (Å²) in [6.45, 7) is 8.54. The molecule has 3 aliphatic heterocycles. The van der Waals surface area contributed by atoms with Gasteiger partial charge in [-0.2, -0.15) is 9.97 Å². The van der Waals surface area contributed by atoms with Gasteiger partial charge in [0.1, 0.15) is 52.5 Å². The van der Waals surface area contributed by atoms with E-state index in [2.05, 4.69) is 24.8 Å². The molecule has 3 aromatic heterocycles. The molecule has 10 nitrogen and oxygen atoms in total. The minimum Gasteiger partial charge on any atom is -0.461 e. The molecule has 0 radical (unpaired) electrons. The molecule has 0 saturated carbocycles. The van der Waals surface area contributed by atoms with E-state index in [9.17, 15) is 18.0 Å². The van der Waals surface area contributed by atoms with Gasteiger partial charge in [-0.3, -0.25) is 14.7 Å². The molecule has 3 aliphatic rings. The number of pyridine rings is 1. The zero-order valence-corrected chi connectivity index (χ0v) is 26.8. The fourth-order valence-corrected chi connectivity index (χ4v) is 7.59. The van der Waals surface area contributed by atoms with Gasteiger partial charge in [-0.15, -0.1) is 11.3 Å². The largest absolute Gasteiger partial charge is 0.461 e. The zero-order valence-electron chi connectivity index (χ0n) is 26.0. The number of piperazine rings is 1. The number of rotatable bonds is 8. The Morgan fingerprint density at radius 1 is 1.16 bits per heavy atom. The topological polar surface area (TPSA) is 91.9 Å². The molecule has 0 spiro atoms. The van der Waals surface area contributed by atoms with Gasteiger partial charge in [-0.25, -0.2) is 33.5 Å². The van der Waals surface area contributed by atoms with Gasteiger partial charge in [0, 0.05) is 62.0 Å². The van der Waals surface area contributed by atoms with Crippen molar-refractivity contribution in [2.24, 2.45) is 0 Å². The van der Waals surface area contributed by atoms with E-state index in [1.807, 2.05) is 4.90 Å². The number of hydrogen-bond acceptors (Lipinski definition) is 9. The van der Waals surface area contributed by atoms with Crippen LogP contribution in [0.25, 0.3) is 33.1 Å². The lowest BCUT2D eigenvalue weighted by Crippen LogP contribution is -2.56. The number of carbonyl (C=O) groups is 1. The van der Waals surface area contributed by atoms with Gasteiger partial charge >= 0.3 is 6.01 Å². The number of nitrogens with zero attached hydrogens (tertiary/aromatic N) is 8. The van der Waals surface area contributed by atoms with E-state index >= 15 is 8.78 Å². The van der Waals surface area contributed by atoms with Crippen molar-refractivity contribution in [2.45, 2.75) is 37.0 Å². The fraction of sp³-hybridized carbons (Fsp3) is 0.394. The predicted molar refractivity (Wildman–Crippen MR) is 172 cm³/mol. The molecule has 7 rings (SSSR count). The maximum absolute atomic E-state index is 16.3. The van der Waals surface area contributed by atoms with Gasteiger partial charge in [0.2, 0.25) is 6.54 Å². The molecular weight excluding hydrogens is 667 g/mol. The molecule has 1 aromatic carbocycles. The predicted octanol–water partition coefficient (Wildman–Crippen LogP) is 5.47. The van der Waals surface area contributed by atoms with Crippen LogP contribution in [-0.4, -0.2) is 99.3 Å². The quantitative estimate of drug-likeness (QED) is 0.136. The SMILES string of the molecule is [C-]#[N+]C[C@H]1CN(c2nc(OC[C@@]34CCCN3C[C@H](F)C4)nc3c(F)c(-c4cc(F)ccc4F)ncc23)CCN1C(=O)/C(F)=C/c1nccs1. The van der Waals surface area contributed by atoms with Crippen molar-refractivity contribution in [1.29, 1.82) is 0 Å². The zero-order chi connectivity index (χ0) is 34.3. The number of carbonyl (C=O) groups excluding carboxylic acids is 1. The summed E-state index contributed by atoms with van der Waals surface area (Å²) in [5.41, 5.74) is -1.71. The summed E-state index contributed by atoms with van der Waals surface area (Å²) in [5.74, 6) is -4.47. The molecule has 1 amide bonds. The smallest absolute Gasteiger partial charge is 0.319 e. The van der Waals surface area contributed by atoms with Crippen LogP contribution in [0.4, 0.5) is 27.8 Å². The van der Waals surface area contributed by atoms with E-state index in [-0.39, 0.29) is 61.9 Å². The maximum Gasteiger partial charge on any atom is 0.319 e. The van der Waals surface area contributed by atoms with E-state index in [1.165, 1.54) is 28.6 Å². The minimum absolute atomic E-state index is 0.00169. The van der Waals surface area contributed by atoms with Gasteiger partial charge in [0.15, 0.2) is 11.6 Å². The van der Waals surface area contributed by atoms with Crippen LogP contribution >= 0.6 is 11.3 Å². The van der Waals surface area contributed by atoms with Crippen LogP contribution in [0, 0.1) is 24.0 Å². The molecule has 16 heteroatoms. The highest BCUT2D eigenvalue weighted by atomic mass is 32.1. The van der Waals surface area contributed by atoms with Crippen molar-refractivity contribution in [3.8, 4) is 17.3 Å².